The van der Waals surface area contributed by atoms with E-state index in [9.17, 15) is 9.18 Å². The summed E-state index contributed by atoms with van der Waals surface area (Å²) >= 11 is 3.19. The first-order valence-electron chi connectivity index (χ1n) is 4.04. The van der Waals surface area contributed by atoms with Gasteiger partial charge in [0.25, 0.3) is 5.56 Å². The number of nitrogens with one attached hydrogen (secondary N) is 1. The molecule has 0 spiro atoms. The highest BCUT2D eigenvalue weighted by molar-refractivity contribution is 9.10. The molecular weight excluding hydrogens is 267 g/mol. The van der Waals surface area contributed by atoms with E-state index >= 15 is 0 Å². The summed E-state index contributed by atoms with van der Waals surface area (Å²) in [5.74, 6) is -0.696. The van der Waals surface area contributed by atoms with Crippen molar-refractivity contribution in [3.8, 4) is 5.75 Å². The second-order valence-electron chi connectivity index (χ2n) is 2.83. The van der Waals surface area contributed by atoms with Crippen LogP contribution in [-0.2, 0) is 0 Å². The predicted molar refractivity (Wildman–Crippen MR) is 56.6 cm³/mol. The van der Waals surface area contributed by atoms with Gasteiger partial charge in [0.05, 0.1) is 19.0 Å². The standard InChI is InChI=1S/C9H6BrFN2O2/c1-15-5-2-4(10)8-6(7(5)11)9(14)13-3-12-8/h2-3H,1H3,(H,12,13,14). The fourth-order valence-electron chi connectivity index (χ4n) is 1.30. The second kappa shape index (κ2) is 3.62. The molecule has 1 N–H and O–H groups in total. The molecule has 0 amide bonds. The number of benzene rings is 1. The summed E-state index contributed by atoms with van der Waals surface area (Å²) in [6, 6.07) is 1.43. The second-order valence-corrected chi connectivity index (χ2v) is 3.68. The van der Waals surface area contributed by atoms with Gasteiger partial charge in [-0.3, -0.25) is 4.79 Å². The number of fused-ring (bicyclic) bond motifs is 1. The Bertz CT molecular complexity index is 582. The van der Waals surface area contributed by atoms with Crippen molar-refractivity contribution >= 4 is 26.8 Å². The third kappa shape index (κ3) is 1.50. The highest BCUT2D eigenvalue weighted by Gasteiger charge is 2.14. The first kappa shape index (κ1) is 10.1. The van der Waals surface area contributed by atoms with Crippen molar-refractivity contribution < 1.29 is 9.13 Å². The van der Waals surface area contributed by atoms with Crippen LogP contribution in [0.3, 0.4) is 0 Å². The normalized spacial score (nSPS) is 10.6. The molecule has 0 aliphatic heterocycles. The van der Waals surface area contributed by atoms with Gasteiger partial charge in [-0.15, -0.1) is 0 Å². The van der Waals surface area contributed by atoms with Crippen molar-refractivity contribution in [2.75, 3.05) is 7.11 Å². The molecule has 2 aromatic rings. The zero-order chi connectivity index (χ0) is 11.0. The lowest BCUT2D eigenvalue weighted by Gasteiger charge is -2.05. The average molecular weight is 273 g/mol. The van der Waals surface area contributed by atoms with Crippen LogP contribution in [0.25, 0.3) is 10.9 Å². The quantitative estimate of drug-likeness (QED) is 0.862. The summed E-state index contributed by atoms with van der Waals surface area (Å²) in [7, 11) is 1.33. The number of aromatic nitrogens is 2. The minimum absolute atomic E-state index is 0.00729. The molecule has 1 heterocycles. The number of hydrogen-bond donors (Lipinski definition) is 1. The molecular formula is C9H6BrFN2O2. The summed E-state index contributed by atoms with van der Waals surface area (Å²) in [6.07, 6.45) is 1.22. The Kier molecular flexibility index (Phi) is 2.44. The molecule has 0 atom stereocenters. The van der Waals surface area contributed by atoms with Crippen molar-refractivity contribution in [3.05, 3.63) is 33.0 Å². The van der Waals surface area contributed by atoms with E-state index in [2.05, 4.69) is 25.9 Å². The monoisotopic (exact) mass is 272 g/mol. The maximum absolute atomic E-state index is 13.7. The van der Waals surface area contributed by atoms with Gasteiger partial charge in [-0.1, -0.05) is 0 Å². The molecule has 2 rings (SSSR count). The molecule has 1 aromatic carbocycles. The van der Waals surface area contributed by atoms with Crippen molar-refractivity contribution in [2.45, 2.75) is 0 Å². The summed E-state index contributed by atoms with van der Waals surface area (Å²) in [4.78, 5) is 17.6. The maximum Gasteiger partial charge on any atom is 0.261 e. The molecule has 78 valence electrons. The van der Waals surface area contributed by atoms with Crippen LogP contribution in [0.2, 0.25) is 0 Å². The lowest BCUT2D eigenvalue weighted by atomic mass is 10.2. The number of methoxy groups -OCH3 is 1. The Labute approximate surface area is 92.2 Å². The van der Waals surface area contributed by atoms with Gasteiger partial charge < -0.3 is 9.72 Å². The molecule has 15 heavy (non-hydrogen) atoms. The van der Waals surface area contributed by atoms with Crippen LogP contribution in [0.5, 0.6) is 5.75 Å². The van der Waals surface area contributed by atoms with Crippen LogP contribution in [0.4, 0.5) is 4.39 Å². The van der Waals surface area contributed by atoms with Gasteiger partial charge in [-0.2, -0.15) is 0 Å². The first-order chi connectivity index (χ1) is 7.15. The maximum atomic E-state index is 13.7. The van der Waals surface area contributed by atoms with E-state index in [0.717, 1.165) is 0 Å². The van der Waals surface area contributed by atoms with E-state index in [1.54, 1.807) is 0 Å². The third-order valence-corrected chi connectivity index (χ3v) is 2.60. The van der Waals surface area contributed by atoms with Crippen molar-refractivity contribution in [1.82, 2.24) is 9.97 Å². The molecule has 0 aliphatic carbocycles. The zero-order valence-corrected chi connectivity index (χ0v) is 9.26. The minimum atomic E-state index is -0.704. The van der Waals surface area contributed by atoms with Gasteiger partial charge in [0.15, 0.2) is 11.6 Å². The summed E-state index contributed by atoms with van der Waals surface area (Å²) < 4.78 is 19.0. The number of H-pyrrole nitrogens is 1. The van der Waals surface area contributed by atoms with Gasteiger partial charge in [-0.05, 0) is 22.0 Å². The van der Waals surface area contributed by atoms with Crippen molar-refractivity contribution in [1.29, 1.82) is 0 Å². The number of aromatic amines is 1. The van der Waals surface area contributed by atoms with Gasteiger partial charge in [0.2, 0.25) is 0 Å². The van der Waals surface area contributed by atoms with Crippen molar-refractivity contribution in [3.63, 3.8) is 0 Å². The summed E-state index contributed by atoms with van der Waals surface area (Å²) in [5, 5.41) is -0.108. The molecule has 0 unspecified atom stereocenters. The fourth-order valence-corrected chi connectivity index (χ4v) is 1.81. The lowest BCUT2D eigenvalue weighted by molar-refractivity contribution is 0.388. The number of hydrogen-bond acceptors (Lipinski definition) is 3. The lowest BCUT2D eigenvalue weighted by Crippen LogP contribution is -2.09. The smallest absolute Gasteiger partial charge is 0.261 e. The number of nitrogens with zero attached hydrogens (tertiary/aromatic N) is 1. The van der Waals surface area contributed by atoms with Gasteiger partial charge in [0, 0.05) is 4.47 Å². The topological polar surface area (TPSA) is 55.0 Å². The van der Waals surface area contributed by atoms with E-state index in [1.165, 1.54) is 19.5 Å². The predicted octanol–water partition coefficient (Wildman–Crippen LogP) is 1.83. The third-order valence-electron chi connectivity index (χ3n) is 1.99. The minimum Gasteiger partial charge on any atom is -0.494 e. The van der Waals surface area contributed by atoms with Gasteiger partial charge in [0.1, 0.15) is 5.39 Å². The van der Waals surface area contributed by atoms with Gasteiger partial charge in [-0.25, -0.2) is 9.37 Å². The Morgan fingerprint density at radius 1 is 1.60 bits per heavy atom. The molecule has 0 radical (unpaired) electrons. The summed E-state index contributed by atoms with van der Waals surface area (Å²) in [5.41, 5.74) is -0.255. The molecule has 1 aromatic heterocycles. The molecule has 0 aliphatic rings. The van der Waals surface area contributed by atoms with Gasteiger partial charge >= 0.3 is 0 Å². The molecule has 0 saturated carbocycles. The molecule has 0 fully saturated rings. The largest absolute Gasteiger partial charge is 0.494 e. The Balaban J connectivity index is 3.01. The van der Waals surface area contributed by atoms with Crippen LogP contribution in [-0.4, -0.2) is 17.1 Å². The summed E-state index contributed by atoms with van der Waals surface area (Å²) in [6.45, 7) is 0. The zero-order valence-electron chi connectivity index (χ0n) is 7.67. The molecule has 6 heteroatoms. The van der Waals surface area contributed by atoms with Crippen LogP contribution >= 0.6 is 15.9 Å². The number of halogens is 2. The van der Waals surface area contributed by atoms with E-state index < -0.39 is 11.4 Å². The molecule has 0 bridgehead atoms. The number of ether oxygens (including phenoxy) is 1. The van der Waals surface area contributed by atoms with Crippen LogP contribution in [0.1, 0.15) is 0 Å². The molecule has 4 nitrogen and oxygen atoms in total. The van der Waals surface area contributed by atoms with Crippen molar-refractivity contribution in [2.24, 2.45) is 0 Å². The Morgan fingerprint density at radius 2 is 2.33 bits per heavy atom. The van der Waals surface area contributed by atoms with E-state index in [0.29, 0.717) is 4.47 Å². The van der Waals surface area contributed by atoms with Crippen LogP contribution in [0, 0.1) is 5.82 Å². The Hall–Kier alpha value is -1.43. The van der Waals surface area contributed by atoms with E-state index in [1.807, 2.05) is 0 Å². The average Bonchev–Trinajstić information content (AvgIpc) is 2.23. The van der Waals surface area contributed by atoms with E-state index in [4.69, 9.17) is 4.74 Å². The Morgan fingerprint density at radius 3 is 3.00 bits per heavy atom. The van der Waals surface area contributed by atoms with E-state index in [-0.39, 0.29) is 16.7 Å². The first-order valence-corrected chi connectivity index (χ1v) is 4.84. The highest BCUT2D eigenvalue weighted by Crippen LogP contribution is 2.29. The van der Waals surface area contributed by atoms with Crippen LogP contribution < -0.4 is 10.3 Å². The molecule has 0 saturated heterocycles. The number of rotatable bonds is 1. The SMILES string of the molecule is COc1cc(Br)c2nc[nH]c(=O)c2c1F. The fraction of sp³-hybridized carbons (Fsp3) is 0.111. The highest BCUT2D eigenvalue weighted by atomic mass is 79.9. The van der Waals surface area contributed by atoms with Crippen LogP contribution in [0.15, 0.2) is 21.7 Å².